The molecule has 1 amide bonds. The van der Waals surface area contributed by atoms with Gasteiger partial charge >= 0.3 is 5.97 Å². The second-order valence-corrected chi connectivity index (χ2v) is 5.51. The third-order valence-electron chi connectivity index (χ3n) is 4.05. The fourth-order valence-corrected chi connectivity index (χ4v) is 2.97. The second-order valence-electron chi connectivity index (χ2n) is 5.51. The summed E-state index contributed by atoms with van der Waals surface area (Å²) < 4.78 is 0. The average molecular weight is 295 g/mol. The lowest BCUT2D eigenvalue weighted by molar-refractivity contribution is -0.141. The van der Waals surface area contributed by atoms with Crippen LogP contribution < -0.4 is 0 Å². The number of carboxylic acid groups (broad SMARTS) is 1. The van der Waals surface area contributed by atoms with Crippen LogP contribution in [0.2, 0.25) is 0 Å². The van der Waals surface area contributed by atoms with E-state index in [0.717, 1.165) is 11.1 Å². The summed E-state index contributed by atoms with van der Waals surface area (Å²) in [6.07, 6.45) is 0.0749. The molecular formula is C18H17NO3. The summed E-state index contributed by atoms with van der Waals surface area (Å²) in [6.45, 7) is 0.253. The molecule has 4 nitrogen and oxygen atoms in total. The van der Waals surface area contributed by atoms with Crippen molar-refractivity contribution in [2.75, 3.05) is 6.54 Å². The van der Waals surface area contributed by atoms with Crippen molar-refractivity contribution in [2.24, 2.45) is 5.92 Å². The van der Waals surface area contributed by atoms with Gasteiger partial charge in [-0.3, -0.25) is 9.59 Å². The van der Waals surface area contributed by atoms with Crippen molar-refractivity contribution >= 4 is 11.9 Å². The van der Waals surface area contributed by atoms with Crippen LogP contribution in [0, 0.1) is 5.92 Å². The molecule has 1 atom stereocenters. The van der Waals surface area contributed by atoms with Gasteiger partial charge in [0.1, 0.15) is 0 Å². The van der Waals surface area contributed by atoms with Gasteiger partial charge in [-0.15, -0.1) is 0 Å². The fraction of sp³-hybridized carbons (Fsp3) is 0.222. The van der Waals surface area contributed by atoms with Crippen molar-refractivity contribution in [3.63, 3.8) is 0 Å². The number of hydrogen-bond donors (Lipinski definition) is 1. The van der Waals surface area contributed by atoms with Gasteiger partial charge in [-0.25, -0.2) is 0 Å². The number of rotatable bonds is 4. The Bertz CT molecular complexity index is 630. The van der Waals surface area contributed by atoms with Crippen molar-refractivity contribution in [3.05, 3.63) is 71.8 Å². The zero-order valence-electron chi connectivity index (χ0n) is 12.1. The first kappa shape index (κ1) is 14.3. The molecule has 0 bridgehead atoms. The quantitative estimate of drug-likeness (QED) is 0.943. The Hall–Kier alpha value is -2.62. The van der Waals surface area contributed by atoms with Gasteiger partial charge < -0.3 is 10.0 Å². The van der Waals surface area contributed by atoms with Crippen LogP contribution in [-0.2, 0) is 9.59 Å². The standard InChI is InChI=1S/C18H17NO3/c20-16-11-15(18(21)22)12-19(16)17(13-7-3-1-4-8-13)14-9-5-2-6-10-14/h1-10,15,17H,11-12H2,(H,21,22). The minimum atomic E-state index is -0.907. The van der Waals surface area contributed by atoms with Gasteiger partial charge in [-0.05, 0) is 11.1 Å². The van der Waals surface area contributed by atoms with E-state index < -0.39 is 11.9 Å². The van der Waals surface area contributed by atoms with Crippen molar-refractivity contribution < 1.29 is 14.7 Å². The van der Waals surface area contributed by atoms with Crippen LogP contribution in [0.25, 0.3) is 0 Å². The molecule has 1 saturated heterocycles. The lowest BCUT2D eigenvalue weighted by Gasteiger charge is -2.29. The highest BCUT2D eigenvalue weighted by molar-refractivity contribution is 5.86. The number of nitrogens with zero attached hydrogens (tertiary/aromatic N) is 1. The molecule has 4 heteroatoms. The molecule has 0 radical (unpaired) electrons. The van der Waals surface area contributed by atoms with E-state index in [-0.39, 0.29) is 24.9 Å². The topological polar surface area (TPSA) is 57.6 Å². The number of carbonyl (C=O) groups is 2. The maximum atomic E-state index is 12.3. The van der Waals surface area contributed by atoms with Crippen LogP contribution >= 0.6 is 0 Å². The fourth-order valence-electron chi connectivity index (χ4n) is 2.97. The number of likely N-dealkylation sites (tertiary alicyclic amines) is 1. The minimum absolute atomic E-state index is 0.0749. The molecule has 112 valence electrons. The summed E-state index contributed by atoms with van der Waals surface area (Å²) in [5, 5.41) is 9.19. The Labute approximate surface area is 129 Å². The summed E-state index contributed by atoms with van der Waals surface area (Å²) in [6, 6.07) is 19.2. The summed E-state index contributed by atoms with van der Waals surface area (Å²) in [4.78, 5) is 25.2. The third kappa shape index (κ3) is 2.72. The van der Waals surface area contributed by atoms with Gasteiger partial charge in [0.05, 0.1) is 12.0 Å². The smallest absolute Gasteiger partial charge is 0.308 e. The van der Waals surface area contributed by atoms with Crippen LogP contribution in [0.3, 0.4) is 0 Å². The maximum absolute atomic E-state index is 12.3. The highest BCUT2D eigenvalue weighted by Crippen LogP contribution is 2.33. The number of carboxylic acids is 1. The van der Waals surface area contributed by atoms with Crippen molar-refractivity contribution in [1.29, 1.82) is 0 Å². The third-order valence-corrected chi connectivity index (χ3v) is 4.05. The van der Waals surface area contributed by atoms with E-state index in [1.165, 1.54) is 0 Å². The SMILES string of the molecule is O=C(O)C1CC(=O)N(C(c2ccccc2)c2ccccc2)C1. The van der Waals surface area contributed by atoms with Crippen LogP contribution in [0.15, 0.2) is 60.7 Å². The van der Waals surface area contributed by atoms with Gasteiger partial charge in [-0.2, -0.15) is 0 Å². The molecule has 0 saturated carbocycles. The molecular weight excluding hydrogens is 278 g/mol. The molecule has 0 aliphatic carbocycles. The van der Waals surface area contributed by atoms with E-state index in [1.807, 2.05) is 60.7 Å². The predicted molar refractivity (Wildman–Crippen MR) is 82.2 cm³/mol. The Morgan fingerprint density at radius 1 is 1.00 bits per heavy atom. The number of carbonyl (C=O) groups excluding carboxylic acids is 1. The van der Waals surface area contributed by atoms with Crippen LogP contribution in [0.4, 0.5) is 0 Å². The first-order valence-electron chi connectivity index (χ1n) is 7.29. The number of aliphatic carboxylic acids is 1. The maximum Gasteiger partial charge on any atom is 0.308 e. The molecule has 0 spiro atoms. The largest absolute Gasteiger partial charge is 0.481 e. The summed E-state index contributed by atoms with van der Waals surface area (Å²) in [7, 11) is 0. The van der Waals surface area contributed by atoms with Gasteiger partial charge in [-0.1, -0.05) is 60.7 Å². The molecule has 3 rings (SSSR count). The van der Waals surface area contributed by atoms with Crippen LogP contribution in [0.1, 0.15) is 23.6 Å². The Kier molecular flexibility index (Phi) is 3.92. The highest BCUT2D eigenvalue weighted by Gasteiger charge is 2.38. The Morgan fingerprint density at radius 2 is 1.50 bits per heavy atom. The van der Waals surface area contributed by atoms with E-state index >= 15 is 0 Å². The minimum Gasteiger partial charge on any atom is -0.481 e. The molecule has 1 unspecified atom stereocenters. The van der Waals surface area contributed by atoms with E-state index in [1.54, 1.807) is 4.90 Å². The van der Waals surface area contributed by atoms with Crippen molar-refractivity contribution in [3.8, 4) is 0 Å². The second kappa shape index (κ2) is 6.02. The van der Waals surface area contributed by atoms with Gasteiger partial charge in [0.2, 0.25) is 5.91 Å². The lowest BCUT2D eigenvalue weighted by Crippen LogP contribution is -2.31. The van der Waals surface area contributed by atoms with E-state index in [9.17, 15) is 14.7 Å². The average Bonchev–Trinajstić information content (AvgIpc) is 2.92. The van der Waals surface area contributed by atoms with Gasteiger partial charge in [0.25, 0.3) is 0 Å². The molecule has 1 heterocycles. The van der Waals surface area contributed by atoms with Crippen molar-refractivity contribution in [2.45, 2.75) is 12.5 Å². The predicted octanol–water partition coefficient (Wildman–Crippen LogP) is 2.71. The van der Waals surface area contributed by atoms with Crippen molar-refractivity contribution in [1.82, 2.24) is 4.90 Å². The molecule has 1 aliphatic rings. The summed E-state index contributed by atoms with van der Waals surface area (Å²) in [5.74, 6) is -1.64. The summed E-state index contributed by atoms with van der Waals surface area (Å²) >= 11 is 0. The number of benzene rings is 2. The molecule has 1 N–H and O–H groups in total. The molecule has 0 aromatic heterocycles. The van der Waals surface area contributed by atoms with E-state index in [2.05, 4.69) is 0 Å². The zero-order chi connectivity index (χ0) is 15.5. The summed E-state index contributed by atoms with van der Waals surface area (Å²) in [5.41, 5.74) is 1.99. The van der Waals surface area contributed by atoms with Crippen LogP contribution in [0.5, 0.6) is 0 Å². The Morgan fingerprint density at radius 3 is 1.91 bits per heavy atom. The van der Waals surface area contributed by atoms with Gasteiger partial charge in [0, 0.05) is 13.0 Å². The Balaban J connectivity index is 2.00. The molecule has 1 fully saturated rings. The molecule has 2 aromatic carbocycles. The normalized spacial score (nSPS) is 18.0. The first-order valence-corrected chi connectivity index (χ1v) is 7.29. The number of hydrogen-bond acceptors (Lipinski definition) is 2. The first-order chi connectivity index (χ1) is 10.7. The molecule has 22 heavy (non-hydrogen) atoms. The molecule has 2 aromatic rings. The van der Waals surface area contributed by atoms with E-state index in [0.29, 0.717) is 0 Å². The highest BCUT2D eigenvalue weighted by atomic mass is 16.4. The van der Waals surface area contributed by atoms with Crippen LogP contribution in [-0.4, -0.2) is 28.4 Å². The molecule has 1 aliphatic heterocycles. The lowest BCUT2D eigenvalue weighted by atomic mass is 9.97. The van der Waals surface area contributed by atoms with Gasteiger partial charge in [0.15, 0.2) is 0 Å². The monoisotopic (exact) mass is 295 g/mol. The van der Waals surface area contributed by atoms with E-state index in [4.69, 9.17) is 0 Å². The zero-order valence-corrected chi connectivity index (χ0v) is 12.1. The number of amides is 1.